The summed E-state index contributed by atoms with van der Waals surface area (Å²) < 4.78 is 25.2. The van der Waals surface area contributed by atoms with E-state index in [1.54, 1.807) is 29.5 Å². The largest absolute Gasteiger partial charge is 0.332 e. The summed E-state index contributed by atoms with van der Waals surface area (Å²) >= 11 is 1.65. The van der Waals surface area contributed by atoms with Gasteiger partial charge in [0, 0.05) is 41.5 Å². The molecule has 0 unspecified atom stereocenters. The third-order valence-corrected chi connectivity index (χ3v) is 11.7. The number of hydrogen-bond acceptors (Lipinski definition) is 3. The average Bonchev–Trinajstić information content (AvgIpc) is 3.96. The molecule has 3 aromatic heterocycles. The molecule has 0 saturated carbocycles. The molecule has 0 amide bonds. The van der Waals surface area contributed by atoms with Crippen molar-refractivity contribution in [3.63, 3.8) is 0 Å². The van der Waals surface area contributed by atoms with E-state index in [1.807, 2.05) is 18.2 Å². The standard InChI is InChI=1S/C45H29N2S.C12H10N.Ir/c1-4-13-31(14-5-1)32-23-25-33(26-24-32)36-27-28-43-39(29-36)40(30-48-43)45-46-41-21-10-11-22-42(41)47(45)44-37(34-15-6-2-7-16-34)19-12-20-38(44)35-17-8-3-9-18-35;1-10-7-8-12(13-9-10)11-5-3-2-4-6-11;/h1-29H;2-5,7-9H,1H3;/q2*-1;/i;1D3;. The third kappa shape index (κ3) is 8.22. The number of aryl methyl sites for hydroxylation is 1. The van der Waals surface area contributed by atoms with Crippen LogP contribution < -0.4 is 0 Å². The molecule has 0 aliphatic rings. The fourth-order valence-corrected chi connectivity index (χ4v) is 8.64. The van der Waals surface area contributed by atoms with Gasteiger partial charge in [0.15, 0.2) is 0 Å². The van der Waals surface area contributed by atoms with Crippen LogP contribution in [-0.4, -0.2) is 14.5 Å². The Kier molecular flexibility index (Phi) is 10.9. The predicted octanol–water partition coefficient (Wildman–Crippen LogP) is 15.2. The van der Waals surface area contributed by atoms with Crippen LogP contribution in [-0.2, 0) is 20.1 Å². The first-order valence-electron chi connectivity index (χ1n) is 21.6. The van der Waals surface area contributed by atoms with Crippen LogP contribution in [0.25, 0.3) is 94.0 Å². The van der Waals surface area contributed by atoms with Gasteiger partial charge < -0.3 is 9.55 Å². The summed E-state index contributed by atoms with van der Waals surface area (Å²) in [5, 5.41) is 4.84. The zero-order chi connectivity index (χ0) is 43.5. The number of fused-ring (bicyclic) bond motifs is 2. The normalized spacial score (nSPS) is 11.8. The second-order valence-electron chi connectivity index (χ2n) is 14.6. The Morgan fingerprint density at radius 3 is 1.77 bits per heavy atom. The zero-order valence-corrected chi connectivity index (χ0v) is 36.6. The summed E-state index contributed by atoms with van der Waals surface area (Å²) in [5.74, 6) is 0.889. The summed E-state index contributed by atoms with van der Waals surface area (Å²) in [7, 11) is 0. The van der Waals surface area contributed by atoms with Gasteiger partial charge in [-0.3, -0.25) is 16.3 Å². The van der Waals surface area contributed by atoms with Crippen molar-refractivity contribution in [2.45, 2.75) is 6.85 Å². The maximum Gasteiger partial charge on any atom is 0.0774 e. The van der Waals surface area contributed by atoms with Crippen LogP contribution in [0.4, 0.5) is 0 Å². The van der Waals surface area contributed by atoms with Crippen molar-refractivity contribution in [2.75, 3.05) is 0 Å². The Hall–Kier alpha value is -7.01. The molecular formula is C57H39IrN3S-2. The summed E-state index contributed by atoms with van der Waals surface area (Å²) in [4.78, 5) is 9.46. The van der Waals surface area contributed by atoms with Crippen molar-refractivity contribution < 1.29 is 24.2 Å². The maximum atomic E-state index is 7.23. The molecule has 0 fully saturated rings. The van der Waals surface area contributed by atoms with E-state index in [-0.39, 0.29) is 25.7 Å². The average molecular weight is 993 g/mol. The van der Waals surface area contributed by atoms with Crippen LogP contribution in [0.2, 0.25) is 0 Å². The Balaban J connectivity index is 0.000000266. The van der Waals surface area contributed by atoms with Gasteiger partial charge in [-0.1, -0.05) is 192 Å². The molecule has 8 aromatic carbocycles. The van der Waals surface area contributed by atoms with Gasteiger partial charge >= 0.3 is 0 Å². The molecule has 0 spiro atoms. The smallest absolute Gasteiger partial charge is 0.0774 e. The van der Waals surface area contributed by atoms with Gasteiger partial charge in [-0.25, -0.2) is 0 Å². The molecule has 62 heavy (non-hydrogen) atoms. The first kappa shape index (κ1) is 36.8. The van der Waals surface area contributed by atoms with E-state index < -0.39 is 6.85 Å². The molecule has 11 aromatic rings. The third-order valence-electron chi connectivity index (χ3n) is 10.8. The molecule has 0 aliphatic carbocycles. The maximum absolute atomic E-state index is 7.23. The van der Waals surface area contributed by atoms with Crippen molar-refractivity contribution in [1.29, 1.82) is 0 Å². The van der Waals surface area contributed by atoms with E-state index in [2.05, 4.69) is 197 Å². The minimum atomic E-state index is -2.09. The molecule has 0 N–H and O–H groups in total. The van der Waals surface area contributed by atoms with Gasteiger partial charge in [-0.2, -0.15) is 0 Å². The Labute approximate surface area is 384 Å². The number of imidazole rings is 1. The molecule has 0 atom stereocenters. The second kappa shape index (κ2) is 18.3. The van der Waals surface area contributed by atoms with Crippen LogP contribution in [0.3, 0.4) is 0 Å². The van der Waals surface area contributed by atoms with Crippen LogP contribution in [0, 0.1) is 18.3 Å². The molecule has 0 bridgehead atoms. The van der Waals surface area contributed by atoms with Gasteiger partial charge in [-0.05, 0) is 63.6 Å². The molecule has 299 valence electrons. The molecular weight excluding hydrogens is 951 g/mol. The molecule has 1 radical (unpaired) electrons. The fourth-order valence-electron chi connectivity index (χ4n) is 7.82. The second-order valence-corrected chi connectivity index (χ2v) is 15.5. The first-order chi connectivity index (χ1) is 31.4. The topological polar surface area (TPSA) is 30.7 Å². The Morgan fingerprint density at radius 1 is 0.548 bits per heavy atom. The van der Waals surface area contributed by atoms with E-state index >= 15 is 0 Å². The van der Waals surface area contributed by atoms with E-state index in [0.29, 0.717) is 0 Å². The number of rotatable bonds is 7. The molecule has 11 rings (SSSR count). The van der Waals surface area contributed by atoms with Crippen molar-refractivity contribution in [3.05, 3.63) is 236 Å². The van der Waals surface area contributed by atoms with Crippen LogP contribution in [0.15, 0.2) is 219 Å². The summed E-state index contributed by atoms with van der Waals surface area (Å²) in [6.07, 6.45) is 1.39. The van der Waals surface area contributed by atoms with Crippen molar-refractivity contribution in [1.82, 2.24) is 14.5 Å². The summed E-state index contributed by atoms with van der Waals surface area (Å²) in [6, 6.07) is 76.3. The van der Waals surface area contributed by atoms with Gasteiger partial charge in [0.25, 0.3) is 0 Å². The van der Waals surface area contributed by atoms with E-state index in [0.717, 1.165) is 67.0 Å². The van der Waals surface area contributed by atoms with Crippen molar-refractivity contribution in [3.8, 4) is 72.8 Å². The number of hydrogen-bond donors (Lipinski definition) is 0. The van der Waals surface area contributed by atoms with Gasteiger partial charge in [0.1, 0.15) is 0 Å². The predicted molar refractivity (Wildman–Crippen MR) is 256 cm³/mol. The molecule has 0 aliphatic heterocycles. The minimum absolute atomic E-state index is 0. The summed E-state index contributed by atoms with van der Waals surface area (Å²) in [5.41, 5.74) is 15.4. The summed E-state index contributed by atoms with van der Waals surface area (Å²) in [6.45, 7) is -2.09. The number of aromatic nitrogens is 3. The Bertz CT molecular complexity index is 3280. The van der Waals surface area contributed by atoms with Crippen molar-refractivity contribution >= 4 is 32.5 Å². The number of para-hydroxylation sites is 3. The Morgan fingerprint density at radius 2 is 1.15 bits per heavy atom. The van der Waals surface area contributed by atoms with Gasteiger partial charge in [0.05, 0.1) is 22.5 Å². The zero-order valence-electron chi connectivity index (χ0n) is 36.4. The molecule has 3 heterocycles. The number of nitrogens with zero attached hydrogens (tertiary/aromatic N) is 3. The SMILES string of the molecule is [2H]C([2H])([2H])c1ccc(-c2[c-]cccc2)nc1.[Ir].[c-]1sc2ccc(-c3ccc(-c4ccccc4)cc3)cc2c1-c1nc2ccccc2n1-c1c(-c2ccccc2)cccc1-c1ccccc1. The van der Waals surface area contributed by atoms with Crippen molar-refractivity contribution in [2.24, 2.45) is 0 Å². The fraction of sp³-hybridized carbons (Fsp3) is 0.0175. The monoisotopic (exact) mass is 993 g/mol. The van der Waals surface area contributed by atoms with Gasteiger partial charge in [0.2, 0.25) is 0 Å². The van der Waals surface area contributed by atoms with Gasteiger partial charge in [-0.15, -0.1) is 41.3 Å². The molecule has 0 saturated heterocycles. The van der Waals surface area contributed by atoms with Crippen LogP contribution >= 0.6 is 11.3 Å². The van der Waals surface area contributed by atoms with Crippen LogP contribution in [0.5, 0.6) is 0 Å². The molecule has 5 heteroatoms. The number of pyridine rings is 1. The first-order valence-corrected chi connectivity index (χ1v) is 21.0. The quantitative estimate of drug-likeness (QED) is 0.149. The van der Waals surface area contributed by atoms with E-state index in [4.69, 9.17) is 9.10 Å². The minimum Gasteiger partial charge on any atom is -0.332 e. The number of thiophene rings is 1. The number of benzene rings is 8. The molecule has 3 nitrogen and oxygen atoms in total. The van der Waals surface area contributed by atoms with E-state index in [1.165, 1.54) is 33.2 Å². The van der Waals surface area contributed by atoms with Crippen LogP contribution in [0.1, 0.15) is 9.68 Å². The van der Waals surface area contributed by atoms with E-state index in [9.17, 15) is 0 Å².